The molecule has 23 heavy (non-hydrogen) atoms. The summed E-state index contributed by atoms with van der Waals surface area (Å²) in [5.74, 6) is 0. The smallest absolute Gasteiger partial charge is 0.259 e. The van der Waals surface area contributed by atoms with Crippen molar-refractivity contribution in [2.24, 2.45) is 0 Å². The van der Waals surface area contributed by atoms with Gasteiger partial charge in [0, 0.05) is 11.1 Å². The molecule has 0 aliphatic carbocycles. The lowest BCUT2D eigenvalue weighted by molar-refractivity contribution is 0.666. The van der Waals surface area contributed by atoms with E-state index < -0.39 is 0 Å². The SMILES string of the molecule is CCCc1c(CCC)n(Cc2cn[nH]n2)c(=O)c2ccccc12. The molecule has 5 nitrogen and oxygen atoms in total. The molecule has 2 heterocycles. The summed E-state index contributed by atoms with van der Waals surface area (Å²) in [6, 6.07) is 7.94. The summed E-state index contributed by atoms with van der Waals surface area (Å²) in [5, 5.41) is 12.5. The van der Waals surface area contributed by atoms with Gasteiger partial charge in [0.1, 0.15) is 5.69 Å². The average molecular weight is 310 g/mol. The van der Waals surface area contributed by atoms with Crippen LogP contribution in [-0.2, 0) is 19.4 Å². The Labute approximate surface area is 135 Å². The minimum Gasteiger partial charge on any atom is -0.306 e. The number of aryl methyl sites for hydroxylation is 1. The van der Waals surface area contributed by atoms with Crippen LogP contribution in [-0.4, -0.2) is 20.0 Å². The Hall–Kier alpha value is -2.43. The summed E-state index contributed by atoms with van der Waals surface area (Å²) in [6.07, 6.45) is 5.62. The highest BCUT2D eigenvalue weighted by Crippen LogP contribution is 2.23. The number of fused-ring (bicyclic) bond motifs is 1. The third kappa shape index (κ3) is 2.91. The number of hydrogen-bond donors (Lipinski definition) is 1. The molecule has 1 aromatic carbocycles. The number of nitrogens with zero attached hydrogens (tertiary/aromatic N) is 3. The first-order chi connectivity index (χ1) is 11.3. The number of benzene rings is 1. The minimum absolute atomic E-state index is 0.0619. The Kier molecular flexibility index (Phi) is 4.55. The predicted molar refractivity (Wildman–Crippen MR) is 91.7 cm³/mol. The molecule has 0 aliphatic heterocycles. The lowest BCUT2D eigenvalue weighted by atomic mass is 9.97. The highest BCUT2D eigenvalue weighted by Gasteiger charge is 2.16. The van der Waals surface area contributed by atoms with Crippen LogP contribution in [0.1, 0.15) is 43.6 Å². The van der Waals surface area contributed by atoms with Crippen molar-refractivity contribution < 1.29 is 0 Å². The van der Waals surface area contributed by atoms with E-state index in [0.717, 1.165) is 47.8 Å². The lowest BCUT2D eigenvalue weighted by Crippen LogP contribution is -2.26. The number of hydrogen-bond acceptors (Lipinski definition) is 3. The average Bonchev–Trinajstić information content (AvgIpc) is 3.08. The van der Waals surface area contributed by atoms with Crippen molar-refractivity contribution in [3.63, 3.8) is 0 Å². The molecule has 0 saturated carbocycles. The number of nitrogens with one attached hydrogen (secondary N) is 1. The van der Waals surface area contributed by atoms with E-state index in [1.165, 1.54) is 5.56 Å². The van der Waals surface area contributed by atoms with Crippen molar-refractivity contribution >= 4 is 10.8 Å². The zero-order valence-electron chi connectivity index (χ0n) is 13.7. The molecule has 3 rings (SSSR count). The van der Waals surface area contributed by atoms with Crippen LogP contribution in [0, 0.1) is 0 Å². The van der Waals surface area contributed by atoms with Gasteiger partial charge in [-0.05, 0) is 29.9 Å². The molecule has 1 N–H and O–H groups in total. The molecule has 0 fully saturated rings. The van der Waals surface area contributed by atoms with E-state index in [0.29, 0.717) is 6.54 Å². The number of rotatable bonds is 6. The molecule has 0 spiro atoms. The van der Waals surface area contributed by atoms with Gasteiger partial charge in [0.15, 0.2) is 0 Å². The zero-order chi connectivity index (χ0) is 16.2. The second-order valence-electron chi connectivity index (χ2n) is 5.82. The maximum atomic E-state index is 13.0. The van der Waals surface area contributed by atoms with Gasteiger partial charge in [-0.25, -0.2) is 0 Å². The van der Waals surface area contributed by atoms with E-state index in [2.05, 4.69) is 35.3 Å². The standard InChI is InChI=1S/C18H22N4O/c1-3-7-15-14-9-5-6-10-16(14)18(23)22(17(15)8-4-2)12-13-11-19-21-20-13/h5-6,9-11H,3-4,7-8,12H2,1-2H3,(H,19,20,21). The minimum atomic E-state index is 0.0619. The van der Waals surface area contributed by atoms with E-state index in [1.54, 1.807) is 6.20 Å². The maximum absolute atomic E-state index is 13.0. The van der Waals surface area contributed by atoms with Gasteiger partial charge < -0.3 is 4.57 Å². The molecule has 0 aliphatic rings. The van der Waals surface area contributed by atoms with E-state index in [-0.39, 0.29) is 5.56 Å². The van der Waals surface area contributed by atoms with Crippen LogP contribution in [0.3, 0.4) is 0 Å². The summed E-state index contributed by atoms with van der Waals surface area (Å²) in [5.41, 5.74) is 3.28. The largest absolute Gasteiger partial charge is 0.306 e. The molecule has 0 saturated heterocycles. The highest BCUT2D eigenvalue weighted by atomic mass is 16.1. The van der Waals surface area contributed by atoms with Crippen LogP contribution in [0.5, 0.6) is 0 Å². The van der Waals surface area contributed by atoms with Crippen LogP contribution < -0.4 is 5.56 Å². The van der Waals surface area contributed by atoms with E-state index in [4.69, 9.17) is 0 Å². The van der Waals surface area contributed by atoms with Crippen LogP contribution in [0.4, 0.5) is 0 Å². The maximum Gasteiger partial charge on any atom is 0.259 e. The van der Waals surface area contributed by atoms with E-state index in [9.17, 15) is 4.79 Å². The fourth-order valence-electron chi connectivity index (χ4n) is 3.20. The van der Waals surface area contributed by atoms with Gasteiger partial charge in [-0.15, -0.1) is 0 Å². The number of aromatic amines is 1. The van der Waals surface area contributed by atoms with Crippen molar-refractivity contribution in [3.05, 3.63) is 57.8 Å². The van der Waals surface area contributed by atoms with E-state index in [1.807, 2.05) is 22.8 Å². The van der Waals surface area contributed by atoms with Crippen LogP contribution >= 0.6 is 0 Å². The Morgan fingerprint density at radius 2 is 1.83 bits per heavy atom. The second kappa shape index (κ2) is 6.77. The van der Waals surface area contributed by atoms with Gasteiger partial charge in [-0.1, -0.05) is 44.9 Å². The summed E-state index contributed by atoms with van der Waals surface area (Å²) in [6.45, 7) is 4.79. The summed E-state index contributed by atoms with van der Waals surface area (Å²) < 4.78 is 1.88. The van der Waals surface area contributed by atoms with Gasteiger partial charge in [-0.2, -0.15) is 15.4 Å². The monoisotopic (exact) mass is 310 g/mol. The molecule has 3 aromatic rings. The molecule has 0 bridgehead atoms. The zero-order valence-corrected chi connectivity index (χ0v) is 13.7. The lowest BCUT2D eigenvalue weighted by Gasteiger charge is -2.19. The topological polar surface area (TPSA) is 63.6 Å². The summed E-state index contributed by atoms with van der Waals surface area (Å²) >= 11 is 0. The summed E-state index contributed by atoms with van der Waals surface area (Å²) in [4.78, 5) is 13.0. The molecule has 0 unspecified atom stereocenters. The third-order valence-electron chi connectivity index (χ3n) is 4.17. The third-order valence-corrected chi connectivity index (χ3v) is 4.17. The van der Waals surface area contributed by atoms with E-state index >= 15 is 0 Å². The van der Waals surface area contributed by atoms with Crippen molar-refractivity contribution in [1.29, 1.82) is 0 Å². The van der Waals surface area contributed by atoms with Gasteiger partial charge >= 0.3 is 0 Å². The second-order valence-corrected chi connectivity index (χ2v) is 5.82. The molecular weight excluding hydrogens is 288 g/mol. The molecule has 120 valence electrons. The fourth-order valence-corrected chi connectivity index (χ4v) is 3.20. The Balaban J connectivity index is 2.29. The molecule has 2 aromatic heterocycles. The van der Waals surface area contributed by atoms with Gasteiger partial charge in [0.05, 0.1) is 12.7 Å². The Morgan fingerprint density at radius 3 is 2.48 bits per heavy atom. The van der Waals surface area contributed by atoms with Crippen molar-refractivity contribution in [2.45, 2.75) is 46.1 Å². The first-order valence-corrected chi connectivity index (χ1v) is 8.24. The van der Waals surface area contributed by atoms with Gasteiger partial charge in [0.2, 0.25) is 0 Å². The molecule has 0 radical (unpaired) electrons. The molecular formula is C18H22N4O. The normalized spacial score (nSPS) is 11.2. The predicted octanol–water partition coefficient (Wildman–Crippen LogP) is 3.07. The van der Waals surface area contributed by atoms with Crippen molar-refractivity contribution in [1.82, 2.24) is 20.0 Å². The van der Waals surface area contributed by atoms with Crippen molar-refractivity contribution in [2.75, 3.05) is 0 Å². The summed E-state index contributed by atoms with van der Waals surface area (Å²) in [7, 11) is 0. The van der Waals surface area contributed by atoms with Crippen LogP contribution in [0.25, 0.3) is 10.8 Å². The number of H-pyrrole nitrogens is 1. The van der Waals surface area contributed by atoms with Crippen LogP contribution in [0.2, 0.25) is 0 Å². The number of pyridine rings is 1. The van der Waals surface area contributed by atoms with Gasteiger partial charge in [-0.3, -0.25) is 4.79 Å². The quantitative estimate of drug-likeness (QED) is 0.761. The molecule has 0 amide bonds. The first-order valence-electron chi connectivity index (χ1n) is 8.24. The Morgan fingerprint density at radius 1 is 1.09 bits per heavy atom. The van der Waals surface area contributed by atoms with Gasteiger partial charge in [0.25, 0.3) is 5.56 Å². The highest BCUT2D eigenvalue weighted by molar-refractivity contribution is 5.85. The fraction of sp³-hybridized carbons (Fsp3) is 0.389. The first kappa shape index (κ1) is 15.5. The molecule has 5 heteroatoms. The van der Waals surface area contributed by atoms with Crippen molar-refractivity contribution in [3.8, 4) is 0 Å². The Bertz CT molecular complexity index is 849. The molecule has 0 atom stereocenters. The number of aromatic nitrogens is 4. The van der Waals surface area contributed by atoms with Crippen LogP contribution in [0.15, 0.2) is 35.3 Å².